The van der Waals surface area contributed by atoms with E-state index in [2.05, 4.69) is 0 Å². The number of halogens is 3. The molecule has 0 saturated carbocycles. The smallest absolute Gasteiger partial charge is 0.138 e. The van der Waals surface area contributed by atoms with Crippen LogP contribution in [0.5, 0.6) is 5.75 Å². The molecule has 21 heavy (non-hydrogen) atoms. The number of hydrogen-bond acceptors (Lipinski definition) is 2. The SMILES string of the molecule is N#CC=Cc1ccc(OCc2ccc(Cl)cc2Cl)c(Cl)c1. The second-order valence-electron chi connectivity index (χ2n) is 4.18. The van der Waals surface area contributed by atoms with Crippen LogP contribution in [0, 0.1) is 11.3 Å². The number of nitrogens with zero attached hydrogens (tertiary/aromatic N) is 1. The van der Waals surface area contributed by atoms with Gasteiger partial charge in [0, 0.05) is 21.7 Å². The molecule has 0 radical (unpaired) electrons. The predicted octanol–water partition coefficient (Wildman–Crippen LogP) is 5.76. The monoisotopic (exact) mass is 337 g/mol. The molecule has 0 atom stereocenters. The first-order valence-electron chi connectivity index (χ1n) is 6.02. The van der Waals surface area contributed by atoms with E-state index in [-0.39, 0.29) is 0 Å². The number of hydrogen-bond donors (Lipinski definition) is 0. The van der Waals surface area contributed by atoms with Crippen molar-refractivity contribution in [3.8, 4) is 11.8 Å². The first kappa shape index (κ1) is 15.7. The van der Waals surface area contributed by atoms with Gasteiger partial charge in [-0.2, -0.15) is 5.26 Å². The van der Waals surface area contributed by atoms with Crippen molar-refractivity contribution in [1.29, 1.82) is 5.26 Å². The van der Waals surface area contributed by atoms with Crippen LogP contribution in [0.2, 0.25) is 15.1 Å². The molecule has 0 aliphatic carbocycles. The Morgan fingerprint density at radius 2 is 1.86 bits per heavy atom. The Morgan fingerprint density at radius 1 is 1.05 bits per heavy atom. The Hall–Kier alpha value is -1.66. The molecule has 0 fully saturated rings. The summed E-state index contributed by atoms with van der Waals surface area (Å²) in [5.74, 6) is 0.553. The molecule has 5 heteroatoms. The van der Waals surface area contributed by atoms with Gasteiger partial charge in [0.25, 0.3) is 0 Å². The highest BCUT2D eigenvalue weighted by molar-refractivity contribution is 6.35. The fourth-order valence-electron chi connectivity index (χ4n) is 1.67. The molecule has 2 aromatic rings. The lowest BCUT2D eigenvalue weighted by Crippen LogP contribution is -1.97. The van der Waals surface area contributed by atoms with Crippen LogP contribution in [0.3, 0.4) is 0 Å². The number of rotatable bonds is 4. The van der Waals surface area contributed by atoms with E-state index in [0.717, 1.165) is 11.1 Å². The minimum Gasteiger partial charge on any atom is -0.487 e. The molecule has 2 rings (SSSR count). The van der Waals surface area contributed by atoms with Crippen molar-refractivity contribution >= 4 is 40.9 Å². The van der Waals surface area contributed by atoms with Gasteiger partial charge in [0.1, 0.15) is 12.4 Å². The highest BCUT2D eigenvalue weighted by atomic mass is 35.5. The molecule has 106 valence electrons. The third-order valence-electron chi connectivity index (χ3n) is 2.70. The summed E-state index contributed by atoms with van der Waals surface area (Å²) in [4.78, 5) is 0. The number of ether oxygens (including phenoxy) is 1. The first-order valence-corrected chi connectivity index (χ1v) is 7.16. The van der Waals surface area contributed by atoms with E-state index in [1.165, 1.54) is 6.08 Å². The summed E-state index contributed by atoms with van der Waals surface area (Å²) in [6.07, 6.45) is 3.06. The molecular formula is C16H10Cl3NO. The van der Waals surface area contributed by atoms with Gasteiger partial charge in [-0.05, 0) is 35.9 Å². The second kappa shape index (κ2) is 7.38. The lowest BCUT2D eigenvalue weighted by molar-refractivity contribution is 0.306. The topological polar surface area (TPSA) is 33.0 Å². The zero-order valence-corrected chi connectivity index (χ0v) is 13.1. The van der Waals surface area contributed by atoms with Gasteiger partial charge in [-0.3, -0.25) is 0 Å². The average Bonchev–Trinajstić information content (AvgIpc) is 2.45. The largest absolute Gasteiger partial charge is 0.487 e. The highest BCUT2D eigenvalue weighted by Crippen LogP contribution is 2.28. The fourth-order valence-corrected chi connectivity index (χ4v) is 2.37. The number of benzene rings is 2. The van der Waals surface area contributed by atoms with Crippen molar-refractivity contribution in [2.24, 2.45) is 0 Å². The summed E-state index contributed by atoms with van der Waals surface area (Å²) in [6.45, 7) is 0.295. The molecule has 0 spiro atoms. The number of allylic oxidation sites excluding steroid dienone is 1. The molecule has 0 aliphatic heterocycles. The molecule has 0 saturated heterocycles. The third-order valence-corrected chi connectivity index (χ3v) is 3.59. The van der Waals surface area contributed by atoms with Gasteiger partial charge in [0.05, 0.1) is 11.1 Å². The van der Waals surface area contributed by atoms with E-state index in [9.17, 15) is 0 Å². The molecule has 0 amide bonds. The van der Waals surface area contributed by atoms with E-state index in [4.69, 9.17) is 44.8 Å². The molecule has 0 bridgehead atoms. The zero-order chi connectivity index (χ0) is 15.2. The molecule has 0 heterocycles. The second-order valence-corrected chi connectivity index (χ2v) is 5.43. The minimum atomic E-state index is 0.295. The lowest BCUT2D eigenvalue weighted by atomic mass is 10.2. The summed E-state index contributed by atoms with van der Waals surface area (Å²) in [5, 5.41) is 10.1. The van der Waals surface area contributed by atoms with E-state index >= 15 is 0 Å². The Morgan fingerprint density at radius 3 is 2.52 bits per heavy atom. The molecule has 0 aromatic heterocycles. The van der Waals surface area contributed by atoms with Crippen LogP contribution in [-0.4, -0.2) is 0 Å². The van der Waals surface area contributed by atoms with Gasteiger partial charge in [0.15, 0.2) is 0 Å². The standard InChI is InChI=1S/C16H10Cl3NO/c17-13-5-4-12(14(18)9-13)10-21-16-6-3-11(2-1-7-20)8-15(16)19/h1-6,8-9H,10H2. The normalized spacial score (nSPS) is 10.6. The molecule has 2 nitrogen and oxygen atoms in total. The van der Waals surface area contributed by atoms with Crippen molar-refractivity contribution in [1.82, 2.24) is 0 Å². The van der Waals surface area contributed by atoms with E-state index in [1.54, 1.807) is 30.3 Å². The zero-order valence-electron chi connectivity index (χ0n) is 10.8. The van der Waals surface area contributed by atoms with Crippen LogP contribution in [0.4, 0.5) is 0 Å². The van der Waals surface area contributed by atoms with Crippen LogP contribution in [-0.2, 0) is 6.61 Å². The van der Waals surface area contributed by atoms with Gasteiger partial charge in [-0.15, -0.1) is 0 Å². The molecular weight excluding hydrogens is 329 g/mol. The summed E-state index contributed by atoms with van der Waals surface area (Å²) < 4.78 is 5.65. The Balaban J connectivity index is 2.10. The van der Waals surface area contributed by atoms with Crippen molar-refractivity contribution in [3.63, 3.8) is 0 Å². The van der Waals surface area contributed by atoms with Gasteiger partial charge in [0.2, 0.25) is 0 Å². The number of nitriles is 1. The summed E-state index contributed by atoms with van der Waals surface area (Å²) >= 11 is 18.1. The molecule has 0 aliphatic rings. The van der Waals surface area contributed by atoms with Crippen LogP contribution >= 0.6 is 34.8 Å². The van der Waals surface area contributed by atoms with Crippen LogP contribution in [0.15, 0.2) is 42.5 Å². The van der Waals surface area contributed by atoms with E-state index in [0.29, 0.717) is 27.4 Å². The highest BCUT2D eigenvalue weighted by Gasteiger charge is 2.05. The van der Waals surface area contributed by atoms with Gasteiger partial charge >= 0.3 is 0 Å². The average molecular weight is 339 g/mol. The van der Waals surface area contributed by atoms with Gasteiger partial charge < -0.3 is 4.74 Å². The maximum atomic E-state index is 8.49. The maximum absolute atomic E-state index is 8.49. The Bertz CT molecular complexity index is 720. The maximum Gasteiger partial charge on any atom is 0.138 e. The van der Waals surface area contributed by atoms with Crippen molar-refractivity contribution < 1.29 is 4.74 Å². The molecule has 2 aromatic carbocycles. The fraction of sp³-hybridized carbons (Fsp3) is 0.0625. The lowest BCUT2D eigenvalue weighted by Gasteiger charge is -2.10. The van der Waals surface area contributed by atoms with E-state index < -0.39 is 0 Å². The Kier molecular flexibility index (Phi) is 5.52. The molecule has 0 N–H and O–H groups in total. The van der Waals surface area contributed by atoms with E-state index in [1.807, 2.05) is 18.2 Å². The Labute approximate surface area is 138 Å². The van der Waals surface area contributed by atoms with Crippen LogP contribution < -0.4 is 4.74 Å². The predicted molar refractivity (Wildman–Crippen MR) is 86.9 cm³/mol. The van der Waals surface area contributed by atoms with Crippen LogP contribution in [0.1, 0.15) is 11.1 Å². The van der Waals surface area contributed by atoms with Gasteiger partial charge in [-0.25, -0.2) is 0 Å². The van der Waals surface area contributed by atoms with Crippen LogP contribution in [0.25, 0.3) is 6.08 Å². The quantitative estimate of drug-likeness (QED) is 0.664. The minimum absolute atomic E-state index is 0.295. The van der Waals surface area contributed by atoms with Gasteiger partial charge in [-0.1, -0.05) is 46.9 Å². The summed E-state index contributed by atoms with van der Waals surface area (Å²) in [6, 6.07) is 12.5. The summed E-state index contributed by atoms with van der Waals surface area (Å²) in [5.41, 5.74) is 1.66. The van der Waals surface area contributed by atoms with Crippen molar-refractivity contribution in [2.75, 3.05) is 0 Å². The first-order chi connectivity index (χ1) is 10.1. The summed E-state index contributed by atoms with van der Waals surface area (Å²) in [7, 11) is 0. The third kappa shape index (κ3) is 4.41. The molecule has 0 unspecified atom stereocenters. The van der Waals surface area contributed by atoms with Crippen molar-refractivity contribution in [3.05, 3.63) is 68.7 Å². The van der Waals surface area contributed by atoms with Crippen molar-refractivity contribution in [2.45, 2.75) is 6.61 Å².